The lowest BCUT2D eigenvalue weighted by atomic mass is 9.98. The van der Waals surface area contributed by atoms with Gasteiger partial charge in [0.2, 0.25) is 0 Å². The smallest absolute Gasteiger partial charge is 0.412 e. The summed E-state index contributed by atoms with van der Waals surface area (Å²) in [6.45, 7) is 0.208. The number of carbonyl (C=O) groups excluding carboxylic acids is 1. The Hall–Kier alpha value is -4.13. The number of aromatic carboxylic acids is 1. The van der Waals surface area contributed by atoms with Gasteiger partial charge in [0.15, 0.2) is 0 Å². The number of anilines is 1. The van der Waals surface area contributed by atoms with Crippen molar-refractivity contribution in [2.75, 3.05) is 11.9 Å². The van der Waals surface area contributed by atoms with E-state index in [9.17, 15) is 9.59 Å². The van der Waals surface area contributed by atoms with E-state index in [1.165, 1.54) is 18.3 Å². The van der Waals surface area contributed by atoms with Crippen LogP contribution in [0.2, 0.25) is 0 Å². The van der Waals surface area contributed by atoms with Crippen molar-refractivity contribution >= 4 is 23.5 Å². The SMILES string of the molecule is O=C(Nc1cnc2cc(C(=O)O)ccn12)OCC1c2ccccc2-c2ccccc21. The number of imidazole rings is 1. The molecule has 7 heteroatoms. The minimum absolute atomic E-state index is 0.0246. The predicted octanol–water partition coefficient (Wildman–Crippen LogP) is 4.39. The molecule has 1 aliphatic rings. The maximum Gasteiger partial charge on any atom is 0.412 e. The summed E-state index contributed by atoms with van der Waals surface area (Å²) >= 11 is 0. The van der Waals surface area contributed by atoms with Crippen molar-refractivity contribution in [1.82, 2.24) is 9.38 Å². The third-order valence-electron chi connectivity index (χ3n) is 5.33. The van der Waals surface area contributed by atoms with E-state index in [2.05, 4.69) is 34.6 Å². The maximum absolute atomic E-state index is 12.4. The van der Waals surface area contributed by atoms with Gasteiger partial charge in [-0.3, -0.25) is 9.72 Å². The van der Waals surface area contributed by atoms with Crippen LogP contribution in [0.5, 0.6) is 0 Å². The van der Waals surface area contributed by atoms with E-state index in [-0.39, 0.29) is 18.1 Å². The summed E-state index contributed by atoms with van der Waals surface area (Å²) in [5, 5.41) is 11.8. The largest absolute Gasteiger partial charge is 0.478 e. The number of amides is 1. The molecule has 2 heterocycles. The lowest BCUT2D eigenvalue weighted by Crippen LogP contribution is -2.18. The second-order valence-corrected chi connectivity index (χ2v) is 7.04. The van der Waals surface area contributed by atoms with Crippen molar-refractivity contribution in [1.29, 1.82) is 0 Å². The van der Waals surface area contributed by atoms with Crippen LogP contribution in [0.15, 0.2) is 73.1 Å². The number of pyridine rings is 1. The van der Waals surface area contributed by atoms with Crippen molar-refractivity contribution in [2.24, 2.45) is 0 Å². The van der Waals surface area contributed by atoms with Gasteiger partial charge in [-0.1, -0.05) is 48.5 Å². The number of ether oxygens (including phenoxy) is 1. The molecule has 4 aromatic rings. The molecule has 0 bridgehead atoms. The summed E-state index contributed by atoms with van der Waals surface area (Å²) < 4.78 is 7.13. The number of nitrogens with zero attached hydrogens (tertiary/aromatic N) is 2. The van der Waals surface area contributed by atoms with E-state index in [4.69, 9.17) is 9.84 Å². The summed E-state index contributed by atoms with van der Waals surface area (Å²) in [7, 11) is 0. The monoisotopic (exact) mass is 399 g/mol. The zero-order valence-electron chi connectivity index (χ0n) is 15.8. The van der Waals surface area contributed by atoms with Crippen molar-refractivity contribution < 1.29 is 19.4 Å². The molecular formula is C23H17N3O4. The second-order valence-electron chi connectivity index (χ2n) is 7.04. The van der Waals surface area contributed by atoms with Crippen LogP contribution in [0, 0.1) is 0 Å². The molecular weight excluding hydrogens is 382 g/mol. The normalized spacial score (nSPS) is 12.4. The fourth-order valence-electron chi connectivity index (χ4n) is 3.95. The van der Waals surface area contributed by atoms with Crippen LogP contribution in [0.4, 0.5) is 10.6 Å². The van der Waals surface area contributed by atoms with Crippen molar-refractivity contribution in [3.05, 3.63) is 89.7 Å². The van der Waals surface area contributed by atoms with E-state index in [0.717, 1.165) is 22.3 Å². The maximum atomic E-state index is 12.4. The molecule has 2 N–H and O–H groups in total. The molecule has 0 saturated carbocycles. The first-order chi connectivity index (χ1) is 14.6. The van der Waals surface area contributed by atoms with E-state index in [1.807, 2.05) is 24.3 Å². The molecule has 2 aromatic heterocycles. The van der Waals surface area contributed by atoms with Gasteiger partial charge in [-0.2, -0.15) is 0 Å². The summed E-state index contributed by atoms with van der Waals surface area (Å²) in [4.78, 5) is 27.7. The van der Waals surface area contributed by atoms with Gasteiger partial charge in [0.1, 0.15) is 18.1 Å². The molecule has 0 aliphatic heterocycles. The average Bonchev–Trinajstić information content (AvgIpc) is 3.31. The third kappa shape index (κ3) is 2.97. The van der Waals surface area contributed by atoms with Crippen LogP contribution in [0.3, 0.4) is 0 Å². The number of hydrogen-bond acceptors (Lipinski definition) is 4. The molecule has 30 heavy (non-hydrogen) atoms. The van der Waals surface area contributed by atoms with Gasteiger partial charge in [0.05, 0.1) is 11.8 Å². The van der Waals surface area contributed by atoms with E-state index >= 15 is 0 Å². The van der Waals surface area contributed by atoms with Gasteiger partial charge in [0, 0.05) is 12.1 Å². The standard InChI is InChI=1S/C23H17N3O4/c27-22(28)14-9-10-26-20(11-14)24-12-21(26)25-23(29)30-13-19-17-7-3-1-5-15(17)16-6-2-4-8-18(16)19/h1-12,19H,13H2,(H,25,29)(H,27,28). The molecule has 7 nitrogen and oxygen atoms in total. The Morgan fingerprint density at radius 2 is 1.70 bits per heavy atom. The summed E-state index contributed by atoms with van der Waals surface area (Å²) in [6, 6.07) is 19.2. The summed E-state index contributed by atoms with van der Waals surface area (Å²) in [6.07, 6.45) is 2.41. The fourth-order valence-corrected chi connectivity index (χ4v) is 3.95. The van der Waals surface area contributed by atoms with Gasteiger partial charge >= 0.3 is 12.1 Å². The Kier molecular flexibility index (Phi) is 4.21. The molecule has 0 spiro atoms. The Morgan fingerprint density at radius 1 is 1.03 bits per heavy atom. The highest BCUT2D eigenvalue weighted by atomic mass is 16.5. The van der Waals surface area contributed by atoms with Crippen LogP contribution >= 0.6 is 0 Å². The lowest BCUT2D eigenvalue weighted by Gasteiger charge is -2.14. The number of fused-ring (bicyclic) bond motifs is 4. The molecule has 0 radical (unpaired) electrons. The van der Waals surface area contributed by atoms with Gasteiger partial charge in [0.25, 0.3) is 0 Å². The van der Waals surface area contributed by atoms with Crippen LogP contribution in [-0.2, 0) is 4.74 Å². The molecule has 148 valence electrons. The van der Waals surface area contributed by atoms with Gasteiger partial charge < -0.3 is 9.84 Å². The molecule has 1 amide bonds. The Morgan fingerprint density at radius 3 is 2.37 bits per heavy atom. The van der Waals surface area contributed by atoms with Gasteiger partial charge in [-0.15, -0.1) is 0 Å². The average molecular weight is 399 g/mol. The topological polar surface area (TPSA) is 92.9 Å². The second kappa shape index (κ2) is 7.04. The number of carboxylic acid groups (broad SMARTS) is 1. The van der Waals surface area contributed by atoms with Crippen molar-refractivity contribution in [2.45, 2.75) is 5.92 Å². The molecule has 0 saturated heterocycles. The summed E-state index contributed by atoms with van der Waals surface area (Å²) in [5.41, 5.74) is 5.16. The van der Waals surface area contributed by atoms with E-state index in [1.54, 1.807) is 10.6 Å². The van der Waals surface area contributed by atoms with Gasteiger partial charge in [-0.05, 0) is 34.4 Å². The first-order valence-electron chi connectivity index (χ1n) is 9.44. The highest BCUT2D eigenvalue weighted by Crippen LogP contribution is 2.44. The zero-order valence-corrected chi connectivity index (χ0v) is 15.8. The molecule has 5 rings (SSSR count). The number of hydrogen-bond donors (Lipinski definition) is 2. The van der Waals surface area contributed by atoms with Crippen molar-refractivity contribution in [3.8, 4) is 11.1 Å². The minimum atomic E-state index is -1.04. The first kappa shape index (κ1) is 17.9. The van der Waals surface area contributed by atoms with Crippen LogP contribution in [0.25, 0.3) is 16.8 Å². The Labute approximate surface area is 171 Å². The fraction of sp³-hybridized carbons (Fsp3) is 0.0870. The molecule has 2 aromatic carbocycles. The zero-order chi connectivity index (χ0) is 20.7. The summed E-state index contributed by atoms with van der Waals surface area (Å²) in [5.74, 6) is -0.658. The Bertz CT molecular complexity index is 1250. The number of carboxylic acids is 1. The van der Waals surface area contributed by atoms with Crippen LogP contribution in [0.1, 0.15) is 27.4 Å². The van der Waals surface area contributed by atoms with Crippen molar-refractivity contribution in [3.63, 3.8) is 0 Å². The van der Waals surface area contributed by atoms with Gasteiger partial charge in [-0.25, -0.2) is 14.6 Å². The number of nitrogens with one attached hydrogen (secondary N) is 1. The van der Waals surface area contributed by atoms with Crippen LogP contribution in [-0.4, -0.2) is 33.2 Å². The number of benzene rings is 2. The van der Waals surface area contributed by atoms with E-state index < -0.39 is 12.1 Å². The van der Waals surface area contributed by atoms with Crippen LogP contribution < -0.4 is 5.32 Å². The van der Waals surface area contributed by atoms with E-state index in [0.29, 0.717) is 11.5 Å². The third-order valence-corrected chi connectivity index (χ3v) is 5.33. The quantitative estimate of drug-likeness (QED) is 0.531. The highest BCUT2D eigenvalue weighted by molar-refractivity contribution is 5.89. The Balaban J connectivity index is 1.33. The predicted molar refractivity (Wildman–Crippen MR) is 111 cm³/mol. The molecule has 0 unspecified atom stereocenters. The lowest BCUT2D eigenvalue weighted by molar-refractivity contribution is 0.0696. The minimum Gasteiger partial charge on any atom is -0.478 e. The molecule has 1 aliphatic carbocycles. The highest BCUT2D eigenvalue weighted by Gasteiger charge is 2.29. The molecule has 0 atom stereocenters. The number of rotatable bonds is 4. The first-order valence-corrected chi connectivity index (χ1v) is 9.44. The number of carbonyl (C=O) groups is 2. The molecule has 0 fully saturated rings. The number of aromatic nitrogens is 2.